The number of carboxylic acids is 1. The van der Waals surface area contributed by atoms with E-state index in [1.165, 1.54) is 6.92 Å². The van der Waals surface area contributed by atoms with Crippen LogP contribution in [0.3, 0.4) is 0 Å². The maximum absolute atomic E-state index is 11.1. The molecule has 0 aliphatic carbocycles. The Labute approximate surface area is 119 Å². The number of hydrogen-bond acceptors (Lipinski definition) is 5. The number of carbonyl (C=O) groups is 2. The number of ether oxygens (including phenoxy) is 2. The van der Waals surface area contributed by atoms with Crippen LogP contribution in [0.2, 0.25) is 0 Å². The molecule has 1 amide bonds. The Morgan fingerprint density at radius 3 is 2.55 bits per heavy atom. The van der Waals surface area contributed by atoms with Crippen LogP contribution < -0.4 is 5.32 Å². The van der Waals surface area contributed by atoms with Crippen molar-refractivity contribution in [1.29, 1.82) is 0 Å². The van der Waals surface area contributed by atoms with Gasteiger partial charge in [0, 0.05) is 20.0 Å². The number of hydrogen-bond donors (Lipinski definition) is 3. The Kier molecular flexibility index (Phi) is 10.9. The van der Waals surface area contributed by atoms with Gasteiger partial charge in [-0.2, -0.15) is 0 Å². The van der Waals surface area contributed by atoms with E-state index in [0.717, 1.165) is 12.8 Å². The number of unbranched alkanes of at least 4 members (excludes halogenated alkanes) is 1. The van der Waals surface area contributed by atoms with Crippen molar-refractivity contribution in [3.05, 3.63) is 0 Å². The quantitative estimate of drug-likeness (QED) is 0.357. The van der Waals surface area contributed by atoms with Gasteiger partial charge in [0.2, 0.25) is 5.91 Å². The summed E-state index contributed by atoms with van der Waals surface area (Å²) in [7, 11) is 0. The molecule has 0 radical (unpaired) electrons. The highest BCUT2D eigenvalue weighted by Gasteiger charge is 2.23. The van der Waals surface area contributed by atoms with Crippen LogP contribution in [0.4, 0.5) is 0 Å². The molecular weight excluding hydrogens is 266 g/mol. The topological polar surface area (TPSA) is 105 Å². The molecular formula is C13H25NO6. The fourth-order valence-electron chi connectivity index (χ4n) is 1.63. The average molecular weight is 291 g/mol. The van der Waals surface area contributed by atoms with Crippen molar-refractivity contribution in [2.75, 3.05) is 20.0 Å². The zero-order valence-electron chi connectivity index (χ0n) is 12.1. The van der Waals surface area contributed by atoms with Gasteiger partial charge in [-0.05, 0) is 12.8 Å². The van der Waals surface area contributed by atoms with Gasteiger partial charge >= 0.3 is 5.97 Å². The number of rotatable bonds is 12. The Bertz CT molecular complexity index is 284. The highest BCUT2D eigenvalue weighted by Crippen LogP contribution is 2.07. The van der Waals surface area contributed by atoms with Crippen LogP contribution in [0.25, 0.3) is 0 Å². The van der Waals surface area contributed by atoms with Crippen molar-refractivity contribution in [2.24, 2.45) is 0 Å². The van der Waals surface area contributed by atoms with E-state index in [9.17, 15) is 14.7 Å². The average Bonchev–Trinajstić information content (AvgIpc) is 2.38. The second kappa shape index (κ2) is 11.6. The van der Waals surface area contributed by atoms with Crippen LogP contribution >= 0.6 is 0 Å². The smallest absolute Gasteiger partial charge is 0.303 e. The SMILES string of the molecule is CCCCOCO[C@@H](CO)C(CCC(=O)O)NC(C)=O. The molecule has 0 heterocycles. The summed E-state index contributed by atoms with van der Waals surface area (Å²) < 4.78 is 10.6. The molecule has 0 aromatic carbocycles. The first kappa shape index (κ1) is 18.8. The predicted octanol–water partition coefficient (Wildman–Crippen LogP) is 0.508. The monoisotopic (exact) mass is 291 g/mol. The molecule has 0 rings (SSSR count). The minimum absolute atomic E-state index is 0.00832. The molecule has 0 aliphatic rings. The molecule has 0 spiro atoms. The lowest BCUT2D eigenvalue weighted by molar-refractivity contribution is -0.139. The van der Waals surface area contributed by atoms with Crippen LogP contribution in [0.5, 0.6) is 0 Å². The first-order valence-electron chi connectivity index (χ1n) is 6.80. The van der Waals surface area contributed by atoms with E-state index in [1.807, 2.05) is 6.92 Å². The molecule has 0 fully saturated rings. The number of aliphatic carboxylic acids is 1. The van der Waals surface area contributed by atoms with Gasteiger partial charge in [0.1, 0.15) is 12.9 Å². The van der Waals surface area contributed by atoms with Crippen LogP contribution in [0.1, 0.15) is 39.5 Å². The molecule has 3 N–H and O–H groups in total. The fourth-order valence-corrected chi connectivity index (χ4v) is 1.63. The molecule has 118 valence electrons. The van der Waals surface area contributed by atoms with Gasteiger partial charge in [-0.15, -0.1) is 0 Å². The van der Waals surface area contributed by atoms with Crippen LogP contribution in [-0.2, 0) is 19.1 Å². The lowest BCUT2D eigenvalue weighted by atomic mass is 10.1. The van der Waals surface area contributed by atoms with E-state index in [-0.39, 0.29) is 32.1 Å². The van der Waals surface area contributed by atoms with Gasteiger partial charge in [0.15, 0.2) is 0 Å². The van der Waals surface area contributed by atoms with Crippen molar-refractivity contribution in [1.82, 2.24) is 5.32 Å². The van der Waals surface area contributed by atoms with Gasteiger partial charge in [0.05, 0.1) is 12.6 Å². The first-order valence-corrected chi connectivity index (χ1v) is 6.80. The number of aliphatic hydroxyl groups excluding tert-OH is 1. The molecule has 0 aromatic heterocycles. The Morgan fingerprint density at radius 2 is 2.05 bits per heavy atom. The summed E-state index contributed by atoms with van der Waals surface area (Å²) >= 11 is 0. The number of nitrogens with one attached hydrogen (secondary N) is 1. The van der Waals surface area contributed by atoms with E-state index in [0.29, 0.717) is 6.61 Å². The van der Waals surface area contributed by atoms with Crippen LogP contribution in [-0.4, -0.2) is 54.2 Å². The van der Waals surface area contributed by atoms with E-state index < -0.39 is 18.1 Å². The minimum Gasteiger partial charge on any atom is -0.481 e. The maximum atomic E-state index is 11.1. The van der Waals surface area contributed by atoms with E-state index in [4.69, 9.17) is 14.6 Å². The van der Waals surface area contributed by atoms with Gasteiger partial charge in [-0.25, -0.2) is 0 Å². The molecule has 0 aliphatic heterocycles. The number of carbonyl (C=O) groups excluding carboxylic acids is 1. The normalized spacial score (nSPS) is 13.8. The standard InChI is InChI=1S/C13H25NO6/c1-3-4-7-19-9-20-12(8-15)11(14-10(2)16)5-6-13(17)18/h11-12,15H,3-9H2,1-2H3,(H,14,16)(H,17,18)/t11?,12-/m0/s1. The molecule has 0 saturated heterocycles. The van der Waals surface area contributed by atoms with E-state index >= 15 is 0 Å². The highest BCUT2D eigenvalue weighted by atomic mass is 16.7. The van der Waals surface area contributed by atoms with Crippen LogP contribution in [0, 0.1) is 0 Å². The first-order chi connectivity index (χ1) is 9.51. The van der Waals surface area contributed by atoms with Gasteiger partial charge in [0.25, 0.3) is 0 Å². The summed E-state index contributed by atoms with van der Waals surface area (Å²) in [6.07, 6.45) is 1.33. The van der Waals surface area contributed by atoms with Crippen molar-refractivity contribution >= 4 is 11.9 Å². The van der Waals surface area contributed by atoms with Crippen molar-refractivity contribution in [2.45, 2.75) is 51.7 Å². The summed E-state index contributed by atoms with van der Waals surface area (Å²) in [6, 6.07) is -0.552. The van der Waals surface area contributed by atoms with Gasteiger partial charge < -0.3 is 25.0 Å². The highest BCUT2D eigenvalue weighted by molar-refractivity contribution is 5.73. The molecule has 7 heteroatoms. The molecule has 2 atom stereocenters. The summed E-state index contributed by atoms with van der Waals surface area (Å²) in [6.45, 7) is 3.63. The van der Waals surface area contributed by atoms with E-state index in [2.05, 4.69) is 5.32 Å². The number of amides is 1. The van der Waals surface area contributed by atoms with Gasteiger partial charge in [-0.1, -0.05) is 13.3 Å². The molecule has 1 unspecified atom stereocenters. The zero-order valence-corrected chi connectivity index (χ0v) is 12.1. The zero-order chi connectivity index (χ0) is 15.4. The van der Waals surface area contributed by atoms with Crippen molar-refractivity contribution < 1.29 is 29.3 Å². The lowest BCUT2D eigenvalue weighted by Crippen LogP contribution is -2.46. The molecule has 20 heavy (non-hydrogen) atoms. The van der Waals surface area contributed by atoms with E-state index in [1.54, 1.807) is 0 Å². The fraction of sp³-hybridized carbons (Fsp3) is 0.846. The Hall–Kier alpha value is -1.18. The number of aliphatic hydroxyl groups is 1. The third-order valence-electron chi connectivity index (χ3n) is 2.69. The predicted molar refractivity (Wildman–Crippen MR) is 72.2 cm³/mol. The van der Waals surface area contributed by atoms with Crippen molar-refractivity contribution in [3.8, 4) is 0 Å². The Balaban J connectivity index is 4.24. The summed E-state index contributed by atoms with van der Waals surface area (Å²) in [5.41, 5.74) is 0. The number of carboxylic acid groups (broad SMARTS) is 1. The third-order valence-corrected chi connectivity index (χ3v) is 2.69. The minimum atomic E-state index is -0.962. The Morgan fingerprint density at radius 1 is 1.35 bits per heavy atom. The van der Waals surface area contributed by atoms with Crippen LogP contribution in [0.15, 0.2) is 0 Å². The third kappa shape index (κ3) is 9.71. The largest absolute Gasteiger partial charge is 0.481 e. The lowest BCUT2D eigenvalue weighted by Gasteiger charge is -2.26. The summed E-state index contributed by atoms with van der Waals surface area (Å²) in [5, 5.41) is 20.6. The molecule has 0 aromatic rings. The molecule has 0 saturated carbocycles. The van der Waals surface area contributed by atoms with Gasteiger partial charge in [-0.3, -0.25) is 9.59 Å². The summed E-state index contributed by atoms with van der Waals surface area (Å²) in [5.74, 6) is -1.26. The van der Waals surface area contributed by atoms with Crippen molar-refractivity contribution in [3.63, 3.8) is 0 Å². The maximum Gasteiger partial charge on any atom is 0.303 e. The second-order valence-electron chi connectivity index (χ2n) is 4.51. The molecule has 7 nitrogen and oxygen atoms in total. The second-order valence-corrected chi connectivity index (χ2v) is 4.51. The molecule has 0 bridgehead atoms. The summed E-state index contributed by atoms with van der Waals surface area (Å²) in [4.78, 5) is 21.7.